The summed E-state index contributed by atoms with van der Waals surface area (Å²) in [5.74, 6) is 0.856. The Morgan fingerprint density at radius 3 is 3.43 bits per heavy atom. The van der Waals surface area contributed by atoms with Gasteiger partial charge in [-0.3, -0.25) is 4.79 Å². The van der Waals surface area contributed by atoms with Gasteiger partial charge in [0.1, 0.15) is 12.0 Å². The number of amides is 1. The third-order valence-corrected chi connectivity index (χ3v) is 2.85. The Morgan fingerprint density at radius 1 is 1.57 bits per heavy atom. The number of carbonyl (C=O) groups excluding carboxylic acids is 1. The van der Waals surface area contributed by atoms with Crippen molar-refractivity contribution in [3.63, 3.8) is 0 Å². The van der Waals surface area contributed by atoms with Crippen LogP contribution in [0.25, 0.3) is 0 Å². The molecule has 1 unspecified atom stereocenters. The maximum atomic E-state index is 11.7. The van der Waals surface area contributed by atoms with Crippen molar-refractivity contribution in [2.75, 3.05) is 11.4 Å². The first-order chi connectivity index (χ1) is 6.86. The molecule has 0 saturated carbocycles. The van der Waals surface area contributed by atoms with Gasteiger partial charge in [-0.15, -0.1) is 0 Å². The molecule has 2 aliphatic rings. The van der Waals surface area contributed by atoms with Crippen molar-refractivity contribution in [1.82, 2.24) is 10.3 Å². The molecule has 3 rings (SSSR count). The number of carbonyl (C=O) groups is 1. The van der Waals surface area contributed by atoms with Crippen molar-refractivity contribution in [3.05, 3.63) is 23.9 Å². The number of pyridine rings is 1. The molecule has 0 spiro atoms. The van der Waals surface area contributed by atoms with E-state index in [9.17, 15) is 4.79 Å². The zero-order valence-corrected chi connectivity index (χ0v) is 7.73. The van der Waals surface area contributed by atoms with Gasteiger partial charge in [0.2, 0.25) is 0 Å². The maximum absolute atomic E-state index is 11.7. The van der Waals surface area contributed by atoms with Gasteiger partial charge in [-0.2, -0.15) is 0 Å². The number of hydrogen-bond acceptors (Lipinski definition) is 3. The molecule has 72 valence electrons. The van der Waals surface area contributed by atoms with Gasteiger partial charge in [0.25, 0.3) is 5.91 Å². The molecule has 14 heavy (non-hydrogen) atoms. The van der Waals surface area contributed by atoms with E-state index < -0.39 is 0 Å². The Hall–Kier alpha value is -1.58. The van der Waals surface area contributed by atoms with Crippen molar-refractivity contribution in [2.45, 2.75) is 19.0 Å². The van der Waals surface area contributed by atoms with Gasteiger partial charge in [-0.05, 0) is 25.0 Å². The van der Waals surface area contributed by atoms with Gasteiger partial charge in [0.05, 0.1) is 5.56 Å². The largest absolute Gasteiger partial charge is 0.336 e. The van der Waals surface area contributed by atoms with Crippen molar-refractivity contribution >= 4 is 11.7 Å². The molecule has 0 aromatic carbocycles. The standard InChI is InChI=1S/C10H11N3O/c14-10-7-3-1-5-11-9(7)13-6-2-4-8(13)12-10/h1,3,5,8H,2,4,6H2,(H,12,14). The lowest BCUT2D eigenvalue weighted by atomic mass is 10.1. The number of fused-ring (bicyclic) bond motifs is 3. The van der Waals surface area contributed by atoms with Crippen LogP contribution in [0.15, 0.2) is 18.3 Å². The maximum Gasteiger partial charge on any atom is 0.256 e. The Labute approximate surface area is 81.9 Å². The van der Waals surface area contributed by atoms with Gasteiger partial charge in [-0.1, -0.05) is 0 Å². The summed E-state index contributed by atoms with van der Waals surface area (Å²) in [7, 11) is 0. The van der Waals surface area contributed by atoms with Gasteiger partial charge in [0.15, 0.2) is 0 Å². The summed E-state index contributed by atoms with van der Waals surface area (Å²) in [6, 6.07) is 3.63. The van der Waals surface area contributed by atoms with Crippen LogP contribution in [0, 0.1) is 0 Å². The van der Waals surface area contributed by atoms with Crippen LogP contribution in [0.5, 0.6) is 0 Å². The molecule has 1 aromatic heterocycles. The third kappa shape index (κ3) is 0.937. The zero-order valence-electron chi connectivity index (χ0n) is 7.73. The molecule has 4 heteroatoms. The normalized spacial score (nSPS) is 24.1. The molecule has 0 aliphatic carbocycles. The molecule has 2 aliphatic heterocycles. The fraction of sp³-hybridized carbons (Fsp3) is 0.400. The highest BCUT2D eigenvalue weighted by Crippen LogP contribution is 2.29. The number of nitrogens with zero attached hydrogens (tertiary/aromatic N) is 2. The SMILES string of the molecule is O=C1NC2CCCN2c2ncccc21. The Balaban J connectivity index is 2.13. The average Bonchev–Trinajstić information content (AvgIpc) is 2.66. The monoisotopic (exact) mass is 189 g/mol. The second-order valence-electron chi connectivity index (χ2n) is 3.70. The summed E-state index contributed by atoms with van der Waals surface area (Å²) in [6.07, 6.45) is 4.07. The number of nitrogens with one attached hydrogen (secondary N) is 1. The van der Waals surface area contributed by atoms with Crippen LogP contribution in [0.2, 0.25) is 0 Å². The van der Waals surface area contributed by atoms with Crippen LogP contribution >= 0.6 is 0 Å². The molecule has 1 aromatic rings. The van der Waals surface area contributed by atoms with E-state index in [1.165, 1.54) is 0 Å². The highest BCUT2D eigenvalue weighted by Gasteiger charge is 2.34. The molecule has 1 atom stereocenters. The van der Waals surface area contributed by atoms with Crippen LogP contribution in [-0.4, -0.2) is 23.6 Å². The lowest BCUT2D eigenvalue weighted by Crippen LogP contribution is -2.49. The molecule has 4 nitrogen and oxygen atoms in total. The predicted octanol–water partition coefficient (Wildman–Crippen LogP) is 0.751. The third-order valence-electron chi connectivity index (χ3n) is 2.85. The highest BCUT2D eigenvalue weighted by molar-refractivity contribution is 6.01. The smallest absolute Gasteiger partial charge is 0.256 e. The lowest BCUT2D eigenvalue weighted by Gasteiger charge is -2.32. The molecule has 1 amide bonds. The van der Waals surface area contributed by atoms with Crippen LogP contribution in [-0.2, 0) is 0 Å². The molecular weight excluding hydrogens is 178 g/mol. The highest BCUT2D eigenvalue weighted by atomic mass is 16.2. The van der Waals surface area contributed by atoms with Gasteiger partial charge >= 0.3 is 0 Å². The number of hydrogen-bond donors (Lipinski definition) is 1. The summed E-state index contributed by atoms with van der Waals surface area (Å²) in [5, 5.41) is 2.98. The van der Waals surface area contributed by atoms with E-state index in [-0.39, 0.29) is 12.1 Å². The van der Waals surface area contributed by atoms with E-state index in [2.05, 4.69) is 15.2 Å². The Morgan fingerprint density at radius 2 is 2.50 bits per heavy atom. The first-order valence-corrected chi connectivity index (χ1v) is 4.89. The van der Waals surface area contributed by atoms with E-state index in [0.717, 1.165) is 25.2 Å². The Kier molecular flexibility index (Phi) is 1.50. The average molecular weight is 189 g/mol. The topological polar surface area (TPSA) is 45.2 Å². The fourth-order valence-electron chi connectivity index (χ4n) is 2.20. The summed E-state index contributed by atoms with van der Waals surface area (Å²) >= 11 is 0. The quantitative estimate of drug-likeness (QED) is 0.655. The lowest BCUT2D eigenvalue weighted by molar-refractivity contribution is 0.0930. The zero-order chi connectivity index (χ0) is 9.54. The van der Waals surface area contributed by atoms with Crippen molar-refractivity contribution < 1.29 is 4.79 Å². The molecule has 1 saturated heterocycles. The predicted molar refractivity (Wildman–Crippen MR) is 52.1 cm³/mol. The molecular formula is C10H11N3O. The summed E-state index contributed by atoms with van der Waals surface area (Å²) < 4.78 is 0. The summed E-state index contributed by atoms with van der Waals surface area (Å²) in [5.41, 5.74) is 0.700. The summed E-state index contributed by atoms with van der Waals surface area (Å²) in [4.78, 5) is 18.1. The minimum absolute atomic E-state index is 0.0104. The van der Waals surface area contributed by atoms with E-state index in [1.807, 2.05) is 6.07 Å². The van der Waals surface area contributed by atoms with Crippen molar-refractivity contribution in [3.8, 4) is 0 Å². The minimum atomic E-state index is 0.0104. The van der Waals surface area contributed by atoms with Gasteiger partial charge < -0.3 is 10.2 Å². The number of anilines is 1. The molecule has 0 bridgehead atoms. The molecule has 1 fully saturated rings. The molecule has 0 radical (unpaired) electrons. The summed E-state index contributed by atoms with van der Waals surface area (Å²) in [6.45, 7) is 0.995. The van der Waals surface area contributed by atoms with Gasteiger partial charge in [-0.25, -0.2) is 4.98 Å². The second-order valence-corrected chi connectivity index (χ2v) is 3.70. The minimum Gasteiger partial charge on any atom is -0.336 e. The van der Waals surface area contributed by atoms with Crippen LogP contribution in [0.3, 0.4) is 0 Å². The van der Waals surface area contributed by atoms with E-state index in [4.69, 9.17) is 0 Å². The first kappa shape index (κ1) is 7.79. The van der Waals surface area contributed by atoms with Crippen molar-refractivity contribution in [2.24, 2.45) is 0 Å². The van der Waals surface area contributed by atoms with Gasteiger partial charge in [0, 0.05) is 12.7 Å². The molecule has 1 N–H and O–H groups in total. The first-order valence-electron chi connectivity index (χ1n) is 4.89. The van der Waals surface area contributed by atoms with E-state index >= 15 is 0 Å². The number of aromatic nitrogens is 1. The fourth-order valence-corrected chi connectivity index (χ4v) is 2.20. The Bertz CT molecular complexity index is 391. The molecule has 3 heterocycles. The number of rotatable bonds is 0. The van der Waals surface area contributed by atoms with Crippen LogP contribution in [0.1, 0.15) is 23.2 Å². The van der Waals surface area contributed by atoms with Crippen molar-refractivity contribution in [1.29, 1.82) is 0 Å². The second kappa shape index (κ2) is 2.70. The van der Waals surface area contributed by atoms with E-state index in [0.29, 0.717) is 5.56 Å². The van der Waals surface area contributed by atoms with Crippen LogP contribution < -0.4 is 10.2 Å². The van der Waals surface area contributed by atoms with E-state index in [1.54, 1.807) is 12.3 Å². The van der Waals surface area contributed by atoms with Crippen LogP contribution in [0.4, 0.5) is 5.82 Å².